The van der Waals surface area contributed by atoms with Gasteiger partial charge in [-0.3, -0.25) is 14.5 Å². The summed E-state index contributed by atoms with van der Waals surface area (Å²) in [6.07, 6.45) is 8.13. The van der Waals surface area contributed by atoms with Gasteiger partial charge in [-0.25, -0.2) is 4.79 Å². The van der Waals surface area contributed by atoms with Gasteiger partial charge < -0.3 is 19.6 Å². The van der Waals surface area contributed by atoms with Gasteiger partial charge in [-0.2, -0.15) is 5.10 Å². The lowest BCUT2D eigenvalue weighted by Crippen LogP contribution is -2.43. The zero-order chi connectivity index (χ0) is 27.3. The number of nitrogens with zero attached hydrogens (tertiary/aromatic N) is 5. The third kappa shape index (κ3) is 4.97. The van der Waals surface area contributed by atoms with Crippen LogP contribution >= 0.6 is 0 Å². The van der Waals surface area contributed by atoms with Crippen LogP contribution in [0.3, 0.4) is 0 Å². The van der Waals surface area contributed by atoms with Crippen LogP contribution in [0.5, 0.6) is 11.5 Å². The Bertz CT molecular complexity index is 1400. The van der Waals surface area contributed by atoms with Crippen LogP contribution in [0.25, 0.3) is 11.1 Å². The van der Waals surface area contributed by atoms with E-state index >= 15 is 0 Å². The van der Waals surface area contributed by atoms with Gasteiger partial charge >= 0.3 is 6.09 Å². The molecule has 1 unspecified atom stereocenters. The molecule has 39 heavy (non-hydrogen) atoms. The molecule has 1 saturated carbocycles. The topological polar surface area (TPSA) is 101 Å². The van der Waals surface area contributed by atoms with Gasteiger partial charge in [0.05, 0.1) is 17.9 Å². The molecule has 0 spiro atoms. The average Bonchev–Trinajstić information content (AvgIpc) is 3.64. The molecule has 4 heterocycles. The van der Waals surface area contributed by atoms with Gasteiger partial charge in [0.1, 0.15) is 11.5 Å². The maximum atomic E-state index is 13.3. The van der Waals surface area contributed by atoms with Crippen molar-refractivity contribution in [3.63, 3.8) is 0 Å². The number of aromatic nitrogens is 3. The van der Waals surface area contributed by atoms with E-state index in [2.05, 4.69) is 29.1 Å². The predicted molar refractivity (Wildman–Crippen MR) is 147 cm³/mol. The summed E-state index contributed by atoms with van der Waals surface area (Å²) in [4.78, 5) is 32.6. The fraction of sp³-hybridized carbons (Fsp3) is 0.467. The Balaban J connectivity index is 1.39. The number of aryl methyl sites for hydroxylation is 2. The van der Waals surface area contributed by atoms with E-state index < -0.39 is 6.09 Å². The second kappa shape index (κ2) is 10.0. The van der Waals surface area contributed by atoms with Crippen molar-refractivity contribution in [1.82, 2.24) is 19.7 Å². The molecule has 3 aromatic rings. The summed E-state index contributed by atoms with van der Waals surface area (Å²) >= 11 is 0. The Morgan fingerprint density at radius 2 is 1.74 bits per heavy atom. The largest absolute Gasteiger partial charge is 0.465 e. The first kappa shape index (κ1) is 25.4. The van der Waals surface area contributed by atoms with Crippen molar-refractivity contribution in [2.45, 2.75) is 71.4 Å². The van der Waals surface area contributed by atoms with Crippen molar-refractivity contribution in [2.75, 3.05) is 18.0 Å². The monoisotopic (exact) mass is 529 g/mol. The number of benzene rings is 1. The van der Waals surface area contributed by atoms with Gasteiger partial charge in [-0.15, -0.1) is 0 Å². The van der Waals surface area contributed by atoms with Crippen LogP contribution in [0, 0.1) is 19.8 Å². The fourth-order valence-electron chi connectivity index (χ4n) is 5.98. The molecule has 1 atom stereocenters. The van der Waals surface area contributed by atoms with E-state index in [0.29, 0.717) is 13.1 Å². The van der Waals surface area contributed by atoms with Crippen LogP contribution in [0.4, 0.5) is 10.5 Å². The number of carboxylic acid groups (broad SMARTS) is 1. The lowest BCUT2D eigenvalue weighted by molar-refractivity contribution is -0.120. The summed E-state index contributed by atoms with van der Waals surface area (Å²) in [7, 11) is 0. The minimum atomic E-state index is -0.865. The number of hydrogen-bond acceptors (Lipinski definition) is 5. The SMILES string of the molecule is Cc1cc(Oc2c(-c3cnn(C4CCN(C(=O)O)CC4)c3)ccc3c2CCC(C)N3C(=O)C2CC2)cc(C)n1. The van der Waals surface area contributed by atoms with Gasteiger partial charge in [0.25, 0.3) is 0 Å². The molecule has 0 bridgehead atoms. The number of rotatable bonds is 5. The number of carbonyl (C=O) groups excluding carboxylic acids is 1. The summed E-state index contributed by atoms with van der Waals surface area (Å²) in [6.45, 7) is 7.06. The van der Waals surface area contributed by atoms with Crippen LogP contribution in [0.1, 0.15) is 62.0 Å². The van der Waals surface area contributed by atoms with Crippen molar-refractivity contribution >= 4 is 17.7 Å². The van der Waals surface area contributed by atoms with Crippen LogP contribution in [-0.2, 0) is 11.2 Å². The molecule has 2 fully saturated rings. The number of pyridine rings is 1. The smallest absolute Gasteiger partial charge is 0.407 e. The van der Waals surface area contributed by atoms with Crippen molar-refractivity contribution < 1.29 is 19.4 Å². The maximum Gasteiger partial charge on any atom is 0.407 e. The molecular weight excluding hydrogens is 494 g/mol. The molecule has 1 aliphatic carbocycles. The first-order chi connectivity index (χ1) is 18.8. The van der Waals surface area contributed by atoms with Crippen LogP contribution in [0.2, 0.25) is 0 Å². The fourth-order valence-corrected chi connectivity index (χ4v) is 5.98. The number of likely N-dealkylation sites (tertiary alicyclic amines) is 1. The molecule has 2 amide bonds. The quantitative estimate of drug-likeness (QED) is 0.452. The number of hydrogen-bond donors (Lipinski definition) is 1. The van der Waals surface area contributed by atoms with Crippen molar-refractivity contribution in [3.05, 3.63) is 53.6 Å². The van der Waals surface area contributed by atoms with Gasteiger partial charge in [0, 0.05) is 71.5 Å². The van der Waals surface area contributed by atoms with Crippen LogP contribution in [0.15, 0.2) is 36.7 Å². The lowest BCUT2D eigenvalue weighted by Gasteiger charge is -2.36. The molecule has 9 nitrogen and oxygen atoms in total. The van der Waals surface area contributed by atoms with Gasteiger partial charge in [0.2, 0.25) is 5.91 Å². The van der Waals surface area contributed by atoms with E-state index in [1.54, 1.807) is 0 Å². The number of piperidine rings is 1. The Kier molecular flexibility index (Phi) is 6.53. The average molecular weight is 530 g/mol. The molecule has 2 aromatic heterocycles. The number of fused-ring (bicyclic) bond motifs is 1. The zero-order valence-corrected chi connectivity index (χ0v) is 22.8. The summed E-state index contributed by atoms with van der Waals surface area (Å²) in [5.74, 6) is 1.84. The first-order valence-corrected chi connectivity index (χ1v) is 13.9. The highest BCUT2D eigenvalue weighted by atomic mass is 16.5. The predicted octanol–water partition coefficient (Wildman–Crippen LogP) is 5.75. The van der Waals surface area contributed by atoms with Crippen molar-refractivity contribution in [2.24, 2.45) is 5.92 Å². The van der Waals surface area contributed by atoms with Crippen molar-refractivity contribution in [3.8, 4) is 22.6 Å². The van der Waals surface area contributed by atoms with Gasteiger partial charge in [-0.1, -0.05) is 0 Å². The second-order valence-corrected chi connectivity index (χ2v) is 11.2. The second-order valence-electron chi connectivity index (χ2n) is 11.2. The summed E-state index contributed by atoms with van der Waals surface area (Å²) < 4.78 is 8.63. The Morgan fingerprint density at radius 3 is 2.41 bits per heavy atom. The maximum absolute atomic E-state index is 13.3. The Morgan fingerprint density at radius 1 is 1.03 bits per heavy atom. The minimum absolute atomic E-state index is 0.138. The Labute approximate surface area is 228 Å². The van der Waals surface area contributed by atoms with E-state index in [1.807, 2.05) is 48.0 Å². The standard InChI is InChI=1S/C30H35N5O4/c1-18-14-24(15-19(2)32-18)39-28-25(22-16-31-34(17-22)23-10-12-33(13-11-23)30(37)38)8-9-27-26(28)7-4-20(3)35(27)29(36)21-5-6-21/h8-9,14-17,20-21,23H,4-7,10-13H2,1-3H3,(H,37,38). The van der Waals surface area contributed by atoms with E-state index in [-0.39, 0.29) is 23.9 Å². The molecule has 204 valence electrons. The summed E-state index contributed by atoms with van der Waals surface area (Å²) in [6, 6.07) is 8.29. The normalized spacial score (nSPS) is 19.6. The third-order valence-electron chi connectivity index (χ3n) is 8.21. The van der Waals surface area contributed by atoms with E-state index in [0.717, 1.165) is 83.8 Å². The number of anilines is 1. The number of carbonyl (C=O) groups is 2. The molecule has 1 N–H and O–H groups in total. The molecule has 9 heteroatoms. The van der Waals surface area contributed by atoms with E-state index in [4.69, 9.17) is 4.74 Å². The third-order valence-corrected chi connectivity index (χ3v) is 8.21. The molecule has 1 aromatic carbocycles. The molecule has 3 aliphatic rings. The highest BCUT2D eigenvalue weighted by molar-refractivity contribution is 5.99. The molecule has 6 rings (SSSR count). The molecular formula is C30H35N5O4. The summed E-state index contributed by atoms with van der Waals surface area (Å²) in [5.41, 5.74) is 5.64. The highest BCUT2D eigenvalue weighted by Gasteiger charge is 2.39. The van der Waals surface area contributed by atoms with Crippen LogP contribution < -0.4 is 9.64 Å². The van der Waals surface area contributed by atoms with Crippen LogP contribution in [-0.4, -0.2) is 55.9 Å². The van der Waals surface area contributed by atoms with Crippen molar-refractivity contribution in [1.29, 1.82) is 0 Å². The minimum Gasteiger partial charge on any atom is -0.465 e. The lowest BCUT2D eigenvalue weighted by atomic mass is 9.92. The molecule has 1 saturated heterocycles. The summed E-state index contributed by atoms with van der Waals surface area (Å²) in [5, 5.41) is 14.0. The molecule has 0 radical (unpaired) electrons. The zero-order valence-electron chi connectivity index (χ0n) is 22.8. The Hall–Kier alpha value is -3.88. The van der Waals surface area contributed by atoms with E-state index in [9.17, 15) is 14.7 Å². The first-order valence-electron chi connectivity index (χ1n) is 13.9. The molecule has 2 aliphatic heterocycles. The number of amides is 2. The van der Waals surface area contributed by atoms with E-state index in [1.165, 1.54) is 4.90 Å². The highest BCUT2D eigenvalue weighted by Crippen LogP contribution is 2.46. The van der Waals surface area contributed by atoms with Gasteiger partial charge in [-0.05, 0) is 71.4 Å². The van der Waals surface area contributed by atoms with Gasteiger partial charge in [0.15, 0.2) is 0 Å². The number of ether oxygens (including phenoxy) is 1.